The largest absolute Gasteiger partial charge is 1.00 e. The van der Waals surface area contributed by atoms with Gasteiger partial charge in [-0.3, -0.25) is 0 Å². The van der Waals surface area contributed by atoms with E-state index in [0.717, 1.165) is 0 Å². The molecular weight excluding hydrogens is 311 g/mol. The molecule has 8 nitrogen and oxygen atoms in total. The Hall–Kier alpha value is -0.484. The van der Waals surface area contributed by atoms with Gasteiger partial charge in [0.05, 0.1) is 0 Å². The van der Waals surface area contributed by atoms with Crippen LogP contribution in [0.15, 0.2) is 0 Å². The van der Waals surface area contributed by atoms with Gasteiger partial charge in [-0.2, -0.15) is 0 Å². The maximum absolute atomic E-state index is 9.26. The first-order valence-electron chi connectivity index (χ1n) is 5.88. The first-order valence-corrected chi connectivity index (χ1v) is 5.88. The summed E-state index contributed by atoms with van der Waals surface area (Å²) in [7, 11) is 0. The molecule has 120 valence electrons. The van der Waals surface area contributed by atoms with E-state index >= 15 is 0 Å². The summed E-state index contributed by atoms with van der Waals surface area (Å²) in [6.45, 7) is 6.15. The Morgan fingerprint density at radius 3 is 0.571 bits per heavy atom. The molecule has 0 bridgehead atoms. The molecule has 0 atom stereocenters. The maximum Gasteiger partial charge on any atom is 1.00 e. The van der Waals surface area contributed by atoms with Crippen molar-refractivity contribution in [3.8, 4) is 0 Å². The van der Waals surface area contributed by atoms with Crippen molar-refractivity contribution in [3.05, 3.63) is 0 Å². The van der Waals surface area contributed by atoms with E-state index in [4.69, 9.17) is 0 Å². The van der Waals surface area contributed by atoms with E-state index in [1.54, 1.807) is 0 Å². The first kappa shape index (κ1) is 32.5. The predicted molar refractivity (Wildman–Crippen MR) is 61.2 cm³/mol. The number of hydrogen-bond donors (Lipinski definition) is 0. The van der Waals surface area contributed by atoms with Crippen LogP contribution in [0.1, 0.15) is 53.4 Å². The van der Waals surface area contributed by atoms with Gasteiger partial charge in [-0.05, 0) is 25.7 Å². The number of carboxylic acid groups (broad SMARTS) is 4. The smallest absolute Gasteiger partial charge is 0.550 e. The van der Waals surface area contributed by atoms with Crippen LogP contribution in [-0.2, 0) is 19.2 Å². The Morgan fingerprint density at radius 2 is 0.571 bits per heavy atom. The summed E-state index contributed by atoms with van der Waals surface area (Å²) in [5.41, 5.74) is 0. The Bertz CT molecular complexity index is 222. The summed E-state index contributed by atoms with van der Waals surface area (Å²) in [6.07, 6.45) is 0.444. The van der Waals surface area contributed by atoms with Gasteiger partial charge in [0, 0.05) is 23.9 Å². The molecule has 0 unspecified atom stereocenters. The molecule has 0 saturated carbocycles. The fraction of sp³-hybridized carbons (Fsp3) is 0.667. The zero-order chi connectivity index (χ0) is 17.1. The molecule has 0 fully saturated rings. The van der Waals surface area contributed by atoms with Crippen LogP contribution >= 0.6 is 0 Å². The van der Waals surface area contributed by atoms with Gasteiger partial charge in [0.2, 0.25) is 0 Å². The van der Waals surface area contributed by atoms with Crippen LogP contribution < -0.4 is 71.8 Å². The average Bonchev–Trinajstić information content (AvgIpc) is 2.40. The topological polar surface area (TPSA) is 161 Å². The summed E-state index contributed by atoms with van der Waals surface area (Å²) >= 11 is 0. The third kappa shape index (κ3) is 106. The average molecular weight is 331 g/mol. The SMILES string of the molecule is CCC(=O)[O-].CCC(=O)[O-].CCC(=O)[O-].CCC(=O)[O-].[K+]. The van der Waals surface area contributed by atoms with Crippen molar-refractivity contribution in [1.82, 2.24) is 0 Å². The monoisotopic (exact) mass is 331 g/mol. The van der Waals surface area contributed by atoms with E-state index in [9.17, 15) is 39.6 Å². The molecule has 0 aromatic carbocycles. The molecule has 0 aromatic heterocycles. The minimum Gasteiger partial charge on any atom is -0.550 e. The fourth-order valence-corrected chi connectivity index (χ4v) is 0. The Kier molecular flexibility index (Phi) is 43.0. The number of carboxylic acids is 4. The van der Waals surface area contributed by atoms with Crippen molar-refractivity contribution >= 4 is 23.9 Å². The van der Waals surface area contributed by atoms with Crippen molar-refractivity contribution in [3.63, 3.8) is 0 Å². The van der Waals surface area contributed by atoms with Crippen molar-refractivity contribution < 1.29 is 91.0 Å². The molecule has 0 spiro atoms. The number of rotatable bonds is 4. The number of hydrogen-bond acceptors (Lipinski definition) is 8. The van der Waals surface area contributed by atoms with E-state index < -0.39 is 23.9 Å². The third-order valence-electron chi connectivity index (χ3n) is 1.15. The van der Waals surface area contributed by atoms with Crippen LogP contribution in [0.5, 0.6) is 0 Å². The molecule has 0 heterocycles. The second-order valence-corrected chi connectivity index (χ2v) is 2.90. The second kappa shape index (κ2) is 27.8. The van der Waals surface area contributed by atoms with Crippen LogP contribution in [0.4, 0.5) is 0 Å². The quantitative estimate of drug-likeness (QED) is 0.459. The normalized spacial score (nSPS) is 7.05. The zero-order valence-electron chi connectivity index (χ0n) is 13.1. The summed E-state index contributed by atoms with van der Waals surface area (Å²) in [4.78, 5) is 37.0. The molecule has 0 aromatic rings. The molecule has 0 aliphatic rings. The zero-order valence-corrected chi connectivity index (χ0v) is 16.2. The van der Waals surface area contributed by atoms with Gasteiger partial charge in [-0.1, -0.05) is 27.7 Å². The van der Waals surface area contributed by atoms with E-state index in [1.165, 1.54) is 27.7 Å². The first-order chi connectivity index (χ1) is 9.08. The van der Waals surface area contributed by atoms with Crippen molar-refractivity contribution in [1.29, 1.82) is 0 Å². The molecule has 0 rings (SSSR count). The van der Waals surface area contributed by atoms with Crippen molar-refractivity contribution in [2.45, 2.75) is 53.4 Å². The van der Waals surface area contributed by atoms with Gasteiger partial charge in [-0.15, -0.1) is 0 Å². The molecule has 0 radical (unpaired) electrons. The molecule has 0 aliphatic carbocycles. The third-order valence-corrected chi connectivity index (χ3v) is 1.15. The summed E-state index contributed by atoms with van der Waals surface area (Å²) in [5, 5.41) is 37.0. The van der Waals surface area contributed by atoms with Gasteiger partial charge in [0.15, 0.2) is 0 Å². The van der Waals surface area contributed by atoms with Gasteiger partial charge >= 0.3 is 51.4 Å². The summed E-state index contributed by atoms with van der Waals surface area (Å²) in [6, 6.07) is 0. The Morgan fingerprint density at radius 1 is 0.524 bits per heavy atom. The van der Waals surface area contributed by atoms with Gasteiger partial charge in [0.25, 0.3) is 0 Å². The molecule has 0 N–H and O–H groups in total. The van der Waals surface area contributed by atoms with Crippen LogP contribution in [0, 0.1) is 0 Å². The molecule has 21 heavy (non-hydrogen) atoms. The Balaban J connectivity index is -0.0000000533. The van der Waals surface area contributed by atoms with Crippen LogP contribution in [0.2, 0.25) is 0 Å². The van der Waals surface area contributed by atoms with E-state index in [1.807, 2.05) is 0 Å². The van der Waals surface area contributed by atoms with Crippen molar-refractivity contribution in [2.24, 2.45) is 0 Å². The second-order valence-electron chi connectivity index (χ2n) is 2.90. The number of carbonyl (C=O) groups is 4. The minimum absolute atomic E-state index is 0. The fourth-order valence-electron chi connectivity index (χ4n) is 0. The number of aliphatic carboxylic acids is 4. The Labute approximate surface area is 167 Å². The molecule has 0 saturated heterocycles. The standard InChI is InChI=1S/4C3H6O2.K/c4*1-2-3(4)5;/h4*2H2,1H3,(H,4,5);/q;;;;+1/p-4. The van der Waals surface area contributed by atoms with Crippen molar-refractivity contribution in [2.75, 3.05) is 0 Å². The summed E-state index contributed by atoms with van der Waals surface area (Å²) in [5.74, 6) is -3.98. The molecule has 0 aliphatic heterocycles. The predicted octanol–water partition coefficient (Wildman–Crippen LogP) is -6.41. The molecule has 0 amide bonds. The summed E-state index contributed by atoms with van der Waals surface area (Å²) < 4.78 is 0. The van der Waals surface area contributed by atoms with Crippen LogP contribution in [-0.4, -0.2) is 23.9 Å². The maximum atomic E-state index is 9.26. The van der Waals surface area contributed by atoms with Gasteiger partial charge in [0.1, 0.15) is 0 Å². The van der Waals surface area contributed by atoms with E-state index in [2.05, 4.69) is 0 Å². The van der Waals surface area contributed by atoms with E-state index in [0.29, 0.717) is 0 Å². The van der Waals surface area contributed by atoms with Crippen LogP contribution in [0.25, 0.3) is 0 Å². The number of carbonyl (C=O) groups excluding carboxylic acids is 4. The molecule has 9 heteroatoms. The minimum atomic E-state index is -0.995. The van der Waals surface area contributed by atoms with Gasteiger partial charge < -0.3 is 39.6 Å². The van der Waals surface area contributed by atoms with Crippen LogP contribution in [0.3, 0.4) is 0 Å². The van der Waals surface area contributed by atoms with E-state index in [-0.39, 0.29) is 77.1 Å². The molecular formula is C12H20KO8-3. The van der Waals surface area contributed by atoms with Gasteiger partial charge in [-0.25, -0.2) is 0 Å².